The van der Waals surface area contributed by atoms with Crippen LogP contribution in [0.5, 0.6) is 5.88 Å². The lowest BCUT2D eigenvalue weighted by Gasteiger charge is -1.98. The molecular formula is C17H14N2O3. The Morgan fingerprint density at radius 2 is 1.86 bits per heavy atom. The molecule has 0 radical (unpaired) electrons. The molecule has 5 heteroatoms. The van der Waals surface area contributed by atoms with E-state index in [1.165, 1.54) is 0 Å². The van der Waals surface area contributed by atoms with E-state index in [9.17, 15) is 9.90 Å². The van der Waals surface area contributed by atoms with E-state index in [0.717, 1.165) is 16.5 Å². The summed E-state index contributed by atoms with van der Waals surface area (Å²) < 4.78 is 0. The molecule has 0 atom stereocenters. The average Bonchev–Trinajstić information content (AvgIpc) is 2.81. The number of fused-ring (bicyclic) bond motifs is 1. The summed E-state index contributed by atoms with van der Waals surface area (Å²) in [5.41, 5.74) is 2.89. The Bertz CT molecular complexity index is 848. The van der Waals surface area contributed by atoms with Crippen LogP contribution in [-0.4, -0.2) is 27.4 Å². The standard InChI is InChI=1S/C17H14N2O3/c20-16(21)9-11-5-7-12(8-6-11)18-10-14-13-3-1-2-4-15(13)19-17(14)22/h1-8,10,19,22H,9H2,(H,20,21). The van der Waals surface area contributed by atoms with Crippen molar-refractivity contribution >= 4 is 28.8 Å². The first-order valence-electron chi connectivity index (χ1n) is 6.78. The molecule has 3 aromatic rings. The number of hydrogen-bond donors (Lipinski definition) is 3. The van der Waals surface area contributed by atoms with E-state index >= 15 is 0 Å². The van der Waals surface area contributed by atoms with Gasteiger partial charge in [0, 0.05) is 17.1 Å². The number of carboxylic acid groups (broad SMARTS) is 1. The maximum Gasteiger partial charge on any atom is 0.307 e. The molecule has 3 N–H and O–H groups in total. The second-order valence-corrected chi connectivity index (χ2v) is 4.93. The number of rotatable bonds is 4. The summed E-state index contributed by atoms with van der Waals surface area (Å²) in [5, 5.41) is 19.6. The SMILES string of the molecule is O=C(O)Cc1ccc(N=Cc2c(O)[nH]c3ccccc23)cc1. The predicted octanol–water partition coefficient (Wildman–Crippen LogP) is 3.25. The van der Waals surface area contributed by atoms with Gasteiger partial charge < -0.3 is 15.2 Å². The van der Waals surface area contributed by atoms with Crippen LogP contribution in [0.25, 0.3) is 10.9 Å². The molecule has 5 nitrogen and oxygen atoms in total. The smallest absolute Gasteiger partial charge is 0.307 e. The number of para-hydroxylation sites is 1. The maximum absolute atomic E-state index is 10.6. The fraction of sp³-hybridized carbons (Fsp3) is 0.0588. The van der Waals surface area contributed by atoms with Crippen LogP contribution in [0.4, 0.5) is 5.69 Å². The van der Waals surface area contributed by atoms with Crippen LogP contribution in [-0.2, 0) is 11.2 Å². The van der Waals surface area contributed by atoms with Crippen molar-refractivity contribution in [2.75, 3.05) is 0 Å². The Labute approximate surface area is 126 Å². The van der Waals surface area contributed by atoms with Gasteiger partial charge in [-0.2, -0.15) is 0 Å². The topological polar surface area (TPSA) is 85.7 Å². The quantitative estimate of drug-likeness (QED) is 0.646. The van der Waals surface area contributed by atoms with Crippen LogP contribution >= 0.6 is 0 Å². The number of aliphatic carboxylic acids is 1. The van der Waals surface area contributed by atoms with Gasteiger partial charge >= 0.3 is 5.97 Å². The van der Waals surface area contributed by atoms with E-state index in [2.05, 4.69) is 9.98 Å². The van der Waals surface area contributed by atoms with Gasteiger partial charge in [0.2, 0.25) is 0 Å². The molecular weight excluding hydrogens is 280 g/mol. The molecule has 0 spiro atoms. The number of nitrogens with one attached hydrogen (secondary N) is 1. The van der Waals surface area contributed by atoms with Crippen molar-refractivity contribution in [1.82, 2.24) is 4.98 Å². The third kappa shape index (κ3) is 2.83. The lowest BCUT2D eigenvalue weighted by molar-refractivity contribution is -0.136. The van der Waals surface area contributed by atoms with E-state index in [1.54, 1.807) is 30.5 Å². The molecule has 1 heterocycles. The van der Waals surface area contributed by atoms with Crippen LogP contribution in [0.1, 0.15) is 11.1 Å². The summed E-state index contributed by atoms with van der Waals surface area (Å²) in [6, 6.07) is 14.5. The van der Waals surface area contributed by atoms with Crippen LogP contribution in [0.3, 0.4) is 0 Å². The first-order chi connectivity index (χ1) is 10.6. The normalized spacial score (nSPS) is 11.3. The highest BCUT2D eigenvalue weighted by Gasteiger charge is 2.07. The molecule has 0 fully saturated rings. The maximum atomic E-state index is 10.6. The molecule has 0 aliphatic rings. The van der Waals surface area contributed by atoms with Gasteiger partial charge in [-0.25, -0.2) is 0 Å². The molecule has 1 aromatic heterocycles. The van der Waals surface area contributed by atoms with Crippen molar-refractivity contribution in [3.63, 3.8) is 0 Å². The molecule has 0 unspecified atom stereocenters. The van der Waals surface area contributed by atoms with Crippen molar-refractivity contribution in [3.05, 3.63) is 59.7 Å². The highest BCUT2D eigenvalue weighted by molar-refractivity contribution is 6.02. The summed E-state index contributed by atoms with van der Waals surface area (Å²) in [5.74, 6) is -0.785. The minimum atomic E-state index is -0.861. The number of carbonyl (C=O) groups is 1. The third-order valence-electron chi connectivity index (χ3n) is 3.36. The molecule has 0 amide bonds. The van der Waals surface area contributed by atoms with Gasteiger partial charge in [0.15, 0.2) is 5.88 Å². The van der Waals surface area contributed by atoms with Crippen molar-refractivity contribution < 1.29 is 15.0 Å². The second-order valence-electron chi connectivity index (χ2n) is 4.93. The van der Waals surface area contributed by atoms with E-state index in [1.807, 2.05) is 24.3 Å². The highest BCUT2D eigenvalue weighted by atomic mass is 16.4. The number of nitrogens with zero attached hydrogens (tertiary/aromatic N) is 1. The largest absolute Gasteiger partial charge is 0.494 e. The zero-order valence-electron chi connectivity index (χ0n) is 11.7. The van der Waals surface area contributed by atoms with Gasteiger partial charge in [-0.1, -0.05) is 30.3 Å². The fourth-order valence-corrected chi connectivity index (χ4v) is 2.29. The number of aliphatic imine (C=N–C) groups is 1. The predicted molar refractivity (Wildman–Crippen MR) is 85.0 cm³/mol. The molecule has 0 bridgehead atoms. The van der Waals surface area contributed by atoms with Crippen molar-refractivity contribution in [3.8, 4) is 5.88 Å². The van der Waals surface area contributed by atoms with E-state index in [-0.39, 0.29) is 12.3 Å². The lowest BCUT2D eigenvalue weighted by atomic mass is 10.1. The molecule has 2 aromatic carbocycles. The summed E-state index contributed by atoms with van der Waals surface area (Å²) in [6.07, 6.45) is 1.59. The first kappa shape index (κ1) is 13.9. The number of hydrogen-bond acceptors (Lipinski definition) is 3. The summed E-state index contributed by atoms with van der Waals surface area (Å²) in [6.45, 7) is 0. The number of carboxylic acids is 1. The second kappa shape index (κ2) is 5.73. The van der Waals surface area contributed by atoms with E-state index in [4.69, 9.17) is 5.11 Å². The third-order valence-corrected chi connectivity index (χ3v) is 3.36. The zero-order valence-corrected chi connectivity index (χ0v) is 11.7. The number of aromatic hydroxyl groups is 1. The summed E-state index contributed by atoms with van der Waals surface area (Å²) in [7, 11) is 0. The zero-order chi connectivity index (χ0) is 15.5. The van der Waals surface area contributed by atoms with Crippen LogP contribution in [0, 0.1) is 0 Å². The Hall–Kier alpha value is -3.08. The lowest BCUT2D eigenvalue weighted by Crippen LogP contribution is -1.99. The van der Waals surface area contributed by atoms with Crippen LogP contribution in [0.15, 0.2) is 53.5 Å². The number of aromatic amines is 1. The average molecular weight is 294 g/mol. The Kier molecular flexibility index (Phi) is 3.62. The fourth-order valence-electron chi connectivity index (χ4n) is 2.29. The van der Waals surface area contributed by atoms with Gasteiger partial charge in [0.1, 0.15) is 0 Å². The summed E-state index contributed by atoms with van der Waals surface area (Å²) in [4.78, 5) is 17.9. The molecule has 0 saturated carbocycles. The molecule has 3 rings (SSSR count). The van der Waals surface area contributed by atoms with Gasteiger partial charge in [-0.15, -0.1) is 0 Å². The van der Waals surface area contributed by atoms with Crippen molar-refractivity contribution in [2.45, 2.75) is 6.42 Å². The van der Waals surface area contributed by atoms with Gasteiger partial charge in [0.25, 0.3) is 0 Å². The van der Waals surface area contributed by atoms with Crippen molar-refractivity contribution in [2.24, 2.45) is 4.99 Å². The van der Waals surface area contributed by atoms with Crippen molar-refractivity contribution in [1.29, 1.82) is 0 Å². The van der Waals surface area contributed by atoms with Crippen LogP contribution in [0.2, 0.25) is 0 Å². The van der Waals surface area contributed by atoms with E-state index in [0.29, 0.717) is 11.3 Å². The number of benzene rings is 2. The van der Waals surface area contributed by atoms with Gasteiger partial charge in [0.05, 0.1) is 17.7 Å². The van der Waals surface area contributed by atoms with E-state index < -0.39 is 5.97 Å². The number of aromatic nitrogens is 1. The molecule has 0 saturated heterocycles. The Morgan fingerprint density at radius 3 is 2.59 bits per heavy atom. The number of H-pyrrole nitrogens is 1. The molecule has 0 aliphatic heterocycles. The minimum Gasteiger partial charge on any atom is -0.494 e. The first-order valence-corrected chi connectivity index (χ1v) is 6.78. The van der Waals surface area contributed by atoms with Gasteiger partial charge in [-0.05, 0) is 23.8 Å². The minimum absolute atomic E-state index is 0.00672. The monoisotopic (exact) mass is 294 g/mol. The highest BCUT2D eigenvalue weighted by Crippen LogP contribution is 2.26. The molecule has 22 heavy (non-hydrogen) atoms. The Balaban J connectivity index is 1.86. The van der Waals surface area contributed by atoms with Crippen LogP contribution < -0.4 is 0 Å². The Morgan fingerprint density at radius 1 is 1.14 bits per heavy atom. The molecule has 0 aliphatic carbocycles. The van der Waals surface area contributed by atoms with Gasteiger partial charge in [-0.3, -0.25) is 9.79 Å². The molecule has 110 valence electrons. The summed E-state index contributed by atoms with van der Waals surface area (Å²) >= 11 is 0.